The van der Waals surface area contributed by atoms with Crippen LogP contribution in [0.4, 0.5) is 20.6 Å². The van der Waals surface area contributed by atoms with Crippen molar-refractivity contribution in [3.05, 3.63) is 54.3 Å². The van der Waals surface area contributed by atoms with E-state index < -0.39 is 23.8 Å². The van der Waals surface area contributed by atoms with E-state index in [0.717, 1.165) is 4.90 Å². The van der Waals surface area contributed by atoms with E-state index in [-0.39, 0.29) is 18.0 Å². The number of ether oxygens (including phenoxy) is 1. The molecule has 1 aliphatic heterocycles. The maximum atomic E-state index is 13.3. The van der Waals surface area contributed by atoms with Gasteiger partial charge in [-0.15, -0.1) is 0 Å². The number of carbonyl (C=O) groups excluding carboxylic acids is 3. The normalized spacial score (nSPS) is 16.1. The number of benzene rings is 2. The maximum absolute atomic E-state index is 13.3. The molecule has 4 amide bonds. The van der Waals surface area contributed by atoms with Crippen molar-refractivity contribution in [3.8, 4) is 5.75 Å². The fourth-order valence-corrected chi connectivity index (χ4v) is 3.50. The van der Waals surface area contributed by atoms with Gasteiger partial charge in [0.2, 0.25) is 5.91 Å². The van der Waals surface area contributed by atoms with Gasteiger partial charge in [-0.3, -0.25) is 9.59 Å². The van der Waals surface area contributed by atoms with Gasteiger partial charge in [-0.25, -0.2) is 14.1 Å². The molecule has 32 heavy (non-hydrogen) atoms. The van der Waals surface area contributed by atoms with Crippen molar-refractivity contribution in [1.82, 2.24) is 4.90 Å². The summed E-state index contributed by atoms with van der Waals surface area (Å²) in [4.78, 5) is 41.3. The summed E-state index contributed by atoms with van der Waals surface area (Å²) in [5, 5.41) is 2.77. The van der Waals surface area contributed by atoms with E-state index in [2.05, 4.69) is 5.32 Å². The predicted octanol–water partition coefficient (Wildman–Crippen LogP) is 4.44. The molecule has 1 saturated heterocycles. The van der Waals surface area contributed by atoms with Gasteiger partial charge >= 0.3 is 6.03 Å². The molecule has 1 fully saturated rings. The van der Waals surface area contributed by atoms with E-state index >= 15 is 0 Å². The first-order chi connectivity index (χ1) is 15.3. The highest BCUT2D eigenvalue weighted by molar-refractivity contribution is 6.22. The minimum absolute atomic E-state index is 0.173. The number of hydrogen-bond donors (Lipinski definition) is 1. The number of carbonyl (C=O) groups is 3. The Morgan fingerprint density at radius 2 is 1.75 bits per heavy atom. The largest absolute Gasteiger partial charge is 0.494 e. The first kappa shape index (κ1) is 23.2. The number of nitrogens with zero attached hydrogens (tertiary/aromatic N) is 2. The Kier molecular flexibility index (Phi) is 7.45. The first-order valence-electron chi connectivity index (χ1n) is 10.7. The molecule has 2 aromatic rings. The van der Waals surface area contributed by atoms with E-state index in [1.54, 1.807) is 24.3 Å². The average Bonchev–Trinajstić information content (AvgIpc) is 2.98. The number of urea groups is 1. The molecule has 1 N–H and O–H groups in total. The van der Waals surface area contributed by atoms with Gasteiger partial charge < -0.3 is 15.0 Å². The van der Waals surface area contributed by atoms with Gasteiger partial charge in [0.15, 0.2) is 0 Å². The zero-order valence-electron chi connectivity index (χ0n) is 18.5. The number of anilines is 2. The van der Waals surface area contributed by atoms with Gasteiger partial charge in [-0.1, -0.05) is 13.8 Å². The number of rotatable bonds is 9. The number of halogens is 1. The third-order valence-corrected chi connectivity index (χ3v) is 5.18. The van der Waals surface area contributed by atoms with Gasteiger partial charge in [0.25, 0.3) is 5.91 Å². The number of amides is 4. The van der Waals surface area contributed by atoms with Crippen LogP contribution >= 0.6 is 0 Å². The van der Waals surface area contributed by atoms with E-state index in [1.807, 2.05) is 20.8 Å². The molecule has 0 aliphatic carbocycles. The molecule has 0 saturated carbocycles. The van der Waals surface area contributed by atoms with Crippen LogP contribution in [0.5, 0.6) is 5.75 Å². The summed E-state index contributed by atoms with van der Waals surface area (Å²) >= 11 is 0. The lowest BCUT2D eigenvalue weighted by Crippen LogP contribution is -2.39. The second-order valence-corrected chi connectivity index (χ2v) is 8.03. The Morgan fingerprint density at radius 3 is 2.34 bits per heavy atom. The van der Waals surface area contributed by atoms with Gasteiger partial charge in [-0.05, 0) is 67.8 Å². The summed E-state index contributed by atoms with van der Waals surface area (Å²) < 4.78 is 18.7. The summed E-state index contributed by atoms with van der Waals surface area (Å²) in [6.45, 7) is 6.82. The van der Waals surface area contributed by atoms with Crippen molar-refractivity contribution in [1.29, 1.82) is 0 Å². The first-order valence-corrected chi connectivity index (χ1v) is 10.7. The molecule has 1 aliphatic rings. The van der Waals surface area contributed by atoms with Crippen LogP contribution in [0.1, 0.15) is 33.6 Å². The standard InChI is InChI=1S/C24H28FN3O4/c1-4-32-20-11-7-18(8-12-20)26-22(29)15-21-23(30)28(19-9-5-17(25)6-10-19)24(31)27(21)14-13-16(2)3/h5-12,16,21H,4,13-15H2,1-3H3,(H,26,29). The van der Waals surface area contributed by atoms with Crippen LogP contribution in [0, 0.1) is 11.7 Å². The summed E-state index contributed by atoms with van der Waals surface area (Å²) in [5.41, 5.74) is 0.852. The van der Waals surface area contributed by atoms with Crippen molar-refractivity contribution in [3.63, 3.8) is 0 Å². The van der Waals surface area contributed by atoms with Crippen LogP contribution in [-0.2, 0) is 9.59 Å². The van der Waals surface area contributed by atoms with Crippen molar-refractivity contribution >= 4 is 29.2 Å². The van der Waals surface area contributed by atoms with E-state index in [1.165, 1.54) is 29.2 Å². The molecule has 3 rings (SSSR count). The highest BCUT2D eigenvalue weighted by atomic mass is 19.1. The quantitative estimate of drug-likeness (QED) is 0.584. The lowest BCUT2D eigenvalue weighted by molar-refractivity contribution is -0.124. The Hall–Kier alpha value is -3.42. The third-order valence-electron chi connectivity index (χ3n) is 5.18. The molecule has 170 valence electrons. The molecule has 0 radical (unpaired) electrons. The summed E-state index contributed by atoms with van der Waals surface area (Å²) in [5.74, 6) is -0.327. The molecular weight excluding hydrogens is 413 g/mol. The van der Waals surface area contributed by atoms with Crippen molar-refractivity contribution in [2.45, 2.75) is 39.7 Å². The van der Waals surface area contributed by atoms with E-state index in [0.29, 0.717) is 36.9 Å². The van der Waals surface area contributed by atoms with Crippen molar-refractivity contribution < 1.29 is 23.5 Å². The molecular formula is C24H28FN3O4. The van der Waals surface area contributed by atoms with Gasteiger partial charge in [-0.2, -0.15) is 0 Å². The Balaban J connectivity index is 1.76. The molecule has 0 bridgehead atoms. The smallest absolute Gasteiger partial charge is 0.332 e. The summed E-state index contributed by atoms with van der Waals surface area (Å²) in [7, 11) is 0. The van der Waals surface area contributed by atoms with E-state index in [4.69, 9.17) is 4.74 Å². The highest BCUT2D eigenvalue weighted by Crippen LogP contribution is 2.28. The molecule has 1 heterocycles. The highest BCUT2D eigenvalue weighted by Gasteiger charge is 2.46. The van der Waals surface area contributed by atoms with E-state index in [9.17, 15) is 18.8 Å². The molecule has 2 aromatic carbocycles. The van der Waals surface area contributed by atoms with Crippen LogP contribution in [0.2, 0.25) is 0 Å². The summed E-state index contributed by atoms with van der Waals surface area (Å²) in [6, 6.07) is 10.7. The zero-order chi connectivity index (χ0) is 23.3. The Bertz CT molecular complexity index is 960. The maximum Gasteiger partial charge on any atom is 0.332 e. The predicted molar refractivity (Wildman–Crippen MR) is 120 cm³/mol. The fraction of sp³-hybridized carbons (Fsp3) is 0.375. The average molecular weight is 442 g/mol. The lowest BCUT2D eigenvalue weighted by Gasteiger charge is -2.22. The van der Waals surface area contributed by atoms with Gasteiger partial charge in [0.1, 0.15) is 17.6 Å². The van der Waals surface area contributed by atoms with Gasteiger partial charge in [0, 0.05) is 12.2 Å². The van der Waals surface area contributed by atoms with Gasteiger partial charge in [0.05, 0.1) is 18.7 Å². The minimum atomic E-state index is -0.922. The SMILES string of the molecule is CCOc1ccc(NC(=O)CC2C(=O)N(c3ccc(F)cc3)C(=O)N2CCC(C)C)cc1. The Morgan fingerprint density at radius 1 is 1.09 bits per heavy atom. The molecule has 0 aromatic heterocycles. The van der Waals surface area contributed by atoms with Crippen LogP contribution < -0.4 is 15.0 Å². The monoisotopic (exact) mass is 441 g/mol. The number of nitrogens with one attached hydrogen (secondary N) is 1. The van der Waals surface area contributed by atoms with Crippen LogP contribution in [0.15, 0.2) is 48.5 Å². The zero-order valence-corrected chi connectivity index (χ0v) is 18.5. The van der Waals surface area contributed by atoms with Crippen LogP contribution in [0.3, 0.4) is 0 Å². The molecule has 1 atom stereocenters. The second-order valence-electron chi connectivity index (χ2n) is 8.03. The van der Waals surface area contributed by atoms with Crippen molar-refractivity contribution in [2.75, 3.05) is 23.4 Å². The van der Waals surface area contributed by atoms with Crippen LogP contribution in [0.25, 0.3) is 0 Å². The number of imide groups is 1. The molecule has 8 heteroatoms. The molecule has 0 spiro atoms. The minimum Gasteiger partial charge on any atom is -0.494 e. The molecule has 1 unspecified atom stereocenters. The van der Waals surface area contributed by atoms with Crippen molar-refractivity contribution in [2.24, 2.45) is 5.92 Å². The van der Waals surface area contributed by atoms with Crippen LogP contribution in [-0.4, -0.2) is 41.9 Å². The fourth-order valence-electron chi connectivity index (χ4n) is 3.50. The number of hydrogen-bond acceptors (Lipinski definition) is 4. The lowest BCUT2D eigenvalue weighted by atomic mass is 10.1. The molecule has 7 nitrogen and oxygen atoms in total. The topological polar surface area (TPSA) is 79.0 Å². The summed E-state index contributed by atoms with van der Waals surface area (Å²) in [6.07, 6.45) is 0.515. The second kappa shape index (κ2) is 10.3. The Labute approximate surface area is 187 Å². The third kappa shape index (κ3) is 5.43.